The molecule has 0 atom stereocenters. The van der Waals surface area contributed by atoms with Crippen molar-refractivity contribution in [2.45, 2.75) is 0 Å². The Bertz CT molecular complexity index is 990. The topological polar surface area (TPSA) is 72.8 Å². The van der Waals surface area contributed by atoms with Crippen molar-refractivity contribution >= 4 is 11.6 Å². The molecule has 2 aromatic carbocycles. The largest absolute Gasteiger partial charge is 0.497 e. The molecule has 0 saturated carbocycles. The van der Waals surface area contributed by atoms with E-state index < -0.39 is 0 Å². The van der Waals surface area contributed by atoms with E-state index >= 15 is 0 Å². The predicted molar refractivity (Wildman–Crippen MR) is 102 cm³/mol. The Morgan fingerprint density at radius 2 is 1.41 bits per heavy atom. The van der Waals surface area contributed by atoms with Crippen LogP contribution in [-0.4, -0.2) is 30.8 Å². The molecule has 1 aliphatic rings. The SMILES string of the molecule is COc1ccc2c(c1)C(=NNC(=O)c1ccncc1)c1cc(OC)ccc1-2. The normalized spacial score (nSPS) is 11.4. The van der Waals surface area contributed by atoms with E-state index in [2.05, 4.69) is 15.5 Å². The van der Waals surface area contributed by atoms with E-state index in [-0.39, 0.29) is 5.91 Å². The Hall–Kier alpha value is -3.67. The lowest BCUT2D eigenvalue weighted by molar-refractivity contribution is 0.0955. The van der Waals surface area contributed by atoms with Crippen LogP contribution in [0.1, 0.15) is 21.5 Å². The summed E-state index contributed by atoms with van der Waals surface area (Å²) in [6, 6.07) is 14.9. The molecule has 0 fully saturated rings. The number of methoxy groups -OCH3 is 2. The van der Waals surface area contributed by atoms with Gasteiger partial charge in [0.1, 0.15) is 11.5 Å². The van der Waals surface area contributed by atoms with Crippen LogP contribution in [0.3, 0.4) is 0 Å². The Morgan fingerprint density at radius 1 is 0.852 bits per heavy atom. The van der Waals surface area contributed by atoms with Gasteiger partial charge in [-0.15, -0.1) is 0 Å². The van der Waals surface area contributed by atoms with Gasteiger partial charge in [-0.05, 0) is 59.7 Å². The molecule has 6 heteroatoms. The van der Waals surface area contributed by atoms with Gasteiger partial charge >= 0.3 is 0 Å². The number of hydrogen-bond acceptors (Lipinski definition) is 5. The second kappa shape index (κ2) is 6.92. The Labute approximate surface area is 156 Å². The van der Waals surface area contributed by atoms with Gasteiger partial charge in [0.15, 0.2) is 0 Å². The fraction of sp³-hybridized carbons (Fsp3) is 0.0952. The molecule has 4 rings (SSSR count). The molecule has 0 bridgehead atoms. The summed E-state index contributed by atoms with van der Waals surface area (Å²) in [6.45, 7) is 0. The van der Waals surface area contributed by atoms with Crippen LogP contribution < -0.4 is 14.9 Å². The molecule has 0 aliphatic heterocycles. The molecule has 27 heavy (non-hydrogen) atoms. The van der Waals surface area contributed by atoms with E-state index in [1.54, 1.807) is 38.7 Å². The number of benzene rings is 2. The summed E-state index contributed by atoms with van der Waals surface area (Å²) in [7, 11) is 3.24. The number of nitrogens with zero attached hydrogens (tertiary/aromatic N) is 2. The molecule has 0 spiro atoms. The van der Waals surface area contributed by atoms with E-state index in [1.165, 1.54) is 0 Å². The van der Waals surface area contributed by atoms with Gasteiger partial charge in [-0.2, -0.15) is 5.10 Å². The molecule has 1 aromatic heterocycles. The van der Waals surface area contributed by atoms with Crippen LogP contribution in [0.25, 0.3) is 11.1 Å². The highest BCUT2D eigenvalue weighted by molar-refractivity contribution is 6.25. The van der Waals surface area contributed by atoms with Crippen LogP contribution in [0.15, 0.2) is 66.0 Å². The van der Waals surface area contributed by atoms with Gasteiger partial charge in [0.2, 0.25) is 0 Å². The first-order valence-electron chi connectivity index (χ1n) is 8.36. The lowest BCUT2D eigenvalue weighted by atomic mass is 10.1. The molecule has 0 saturated heterocycles. The lowest BCUT2D eigenvalue weighted by Gasteiger charge is -2.06. The second-order valence-corrected chi connectivity index (χ2v) is 5.96. The summed E-state index contributed by atoms with van der Waals surface area (Å²) in [5, 5.41) is 4.42. The van der Waals surface area contributed by atoms with Gasteiger partial charge in [0.05, 0.1) is 19.9 Å². The van der Waals surface area contributed by atoms with E-state index in [0.29, 0.717) is 11.3 Å². The summed E-state index contributed by atoms with van der Waals surface area (Å²) < 4.78 is 10.7. The number of rotatable bonds is 4. The maximum Gasteiger partial charge on any atom is 0.271 e. The number of aromatic nitrogens is 1. The van der Waals surface area contributed by atoms with E-state index in [1.807, 2.05) is 36.4 Å². The van der Waals surface area contributed by atoms with Crippen molar-refractivity contribution in [3.05, 3.63) is 77.6 Å². The molecule has 1 heterocycles. The first kappa shape index (κ1) is 16.8. The quantitative estimate of drug-likeness (QED) is 0.568. The van der Waals surface area contributed by atoms with Gasteiger partial charge < -0.3 is 9.47 Å². The monoisotopic (exact) mass is 359 g/mol. The smallest absolute Gasteiger partial charge is 0.271 e. The maximum atomic E-state index is 12.4. The number of ether oxygens (including phenoxy) is 2. The first-order valence-corrected chi connectivity index (χ1v) is 8.36. The molecule has 3 aromatic rings. The molecule has 1 aliphatic carbocycles. The summed E-state index contributed by atoms with van der Waals surface area (Å²) in [5.41, 5.74) is 7.65. The van der Waals surface area contributed by atoms with Crippen molar-refractivity contribution in [2.24, 2.45) is 5.10 Å². The minimum atomic E-state index is -0.300. The van der Waals surface area contributed by atoms with Crippen LogP contribution in [0.2, 0.25) is 0 Å². The summed E-state index contributed by atoms with van der Waals surface area (Å²) >= 11 is 0. The predicted octanol–water partition coefficient (Wildman–Crippen LogP) is 3.26. The number of hydrogen-bond donors (Lipinski definition) is 1. The van der Waals surface area contributed by atoms with Crippen molar-refractivity contribution in [3.8, 4) is 22.6 Å². The molecule has 0 unspecified atom stereocenters. The van der Waals surface area contributed by atoms with Gasteiger partial charge in [-0.1, -0.05) is 0 Å². The average Bonchev–Trinajstić information content (AvgIpc) is 3.04. The number of pyridine rings is 1. The maximum absolute atomic E-state index is 12.4. The lowest BCUT2D eigenvalue weighted by Crippen LogP contribution is -2.20. The Balaban J connectivity index is 1.78. The number of carbonyl (C=O) groups excluding carboxylic acids is 1. The zero-order valence-electron chi connectivity index (χ0n) is 14.9. The third kappa shape index (κ3) is 3.01. The van der Waals surface area contributed by atoms with Crippen molar-refractivity contribution in [3.63, 3.8) is 0 Å². The van der Waals surface area contributed by atoms with E-state index in [4.69, 9.17) is 9.47 Å². The van der Waals surface area contributed by atoms with E-state index in [9.17, 15) is 4.79 Å². The van der Waals surface area contributed by atoms with Crippen LogP contribution in [-0.2, 0) is 0 Å². The Morgan fingerprint density at radius 3 is 1.93 bits per heavy atom. The van der Waals surface area contributed by atoms with Gasteiger partial charge in [-0.3, -0.25) is 9.78 Å². The number of nitrogens with one attached hydrogen (secondary N) is 1. The van der Waals surface area contributed by atoms with Gasteiger partial charge in [0, 0.05) is 29.1 Å². The average molecular weight is 359 g/mol. The highest BCUT2D eigenvalue weighted by atomic mass is 16.5. The highest BCUT2D eigenvalue weighted by Crippen LogP contribution is 2.40. The summed E-state index contributed by atoms with van der Waals surface area (Å²) in [6.07, 6.45) is 3.13. The Kier molecular flexibility index (Phi) is 4.30. The molecule has 6 nitrogen and oxygen atoms in total. The molecule has 1 amide bonds. The first-order chi connectivity index (χ1) is 13.2. The number of amides is 1. The zero-order chi connectivity index (χ0) is 18.8. The van der Waals surface area contributed by atoms with Gasteiger partial charge in [0.25, 0.3) is 5.91 Å². The van der Waals surface area contributed by atoms with Crippen LogP contribution in [0.5, 0.6) is 11.5 Å². The van der Waals surface area contributed by atoms with Crippen LogP contribution in [0.4, 0.5) is 0 Å². The standard InChI is InChI=1S/C21H17N3O3/c1-26-14-3-5-16-17-6-4-15(27-2)12-19(17)20(18(16)11-14)23-24-21(25)13-7-9-22-10-8-13/h3-12H,1-2H3,(H,24,25). The number of carbonyl (C=O) groups is 1. The number of hydrazone groups is 1. The molecular formula is C21H17N3O3. The molecule has 0 radical (unpaired) electrons. The van der Waals surface area contributed by atoms with Crippen molar-refractivity contribution in [1.29, 1.82) is 0 Å². The van der Waals surface area contributed by atoms with Crippen LogP contribution in [0, 0.1) is 0 Å². The molecule has 1 N–H and O–H groups in total. The minimum absolute atomic E-state index is 0.300. The van der Waals surface area contributed by atoms with Crippen molar-refractivity contribution in [1.82, 2.24) is 10.4 Å². The minimum Gasteiger partial charge on any atom is -0.497 e. The number of fused-ring (bicyclic) bond motifs is 3. The molecular weight excluding hydrogens is 342 g/mol. The zero-order valence-corrected chi connectivity index (χ0v) is 14.9. The van der Waals surface area contributed by atoms with Gasteiger partial charge in [-0.25, -0.2) is 5.43 Å². The second-order valence-electron chi connectivity index (χ2n) is 5.96. The van der Waals surface area contributed by atoms with Crippen molar-refractivity contribution in [2.75, 3.05) is 14.2 Å². The van der Waals surface area contributed by atoms with Crippen LogP contribution >= 0.6 is 0 Å². The fourth-order valence-corrected chi connectivity index (χ4v) is 3.10. The van der Waals surface area contributed by atoms with E-state index in [0.717, 1.165) is 33.8 Å². The van der Waals surface area contributed by atoms with Crippen molar-refractivity contribution < 1.29 is 14.3 Å². The highest BCUT2D eigenvalue weighted by Gasteiger charge is 2.26. The third-order valence-electron chi connectivity index (χ3n) is 4.47. The third-order valence-corrected chi connectivity index (χ3v) is 4.47. The molecule has 134 valence electrons. The fourth-order valence-electron chi connectivity index (χ4n) is 3.10. The summed E-state index contributed by atoms with van der Waals surface area (Å²) in [4.78, 5) is 16.3. The summed E-state index contributed by atoms with van der Waals surface area (Å²) in [5.74, 6) is 1.15.